The van der Waals surface area contributed by atoms with E-state index < -0.39 is 12.6 Å². The normalized spacial score (nSPS) is 14.9. The van der Waals surface area contributed by atoms with E-state index in [-0.39, 0.29) is 11.7 Å². The molecule has 2 aromatic rings. The summed E-state index contributed by atoms with van der Waals surface area (Å²) in [6.45, 7) is 1.58. The van der Waals surface area contributed by atoms with Gasteiger partial charge >= 0.3 is 0 Å². The number of thioether (sulfide) groups is 1. The van der Waals surface area contributed by atoms with Crippen molar-refractivity contribution in [3.63, 3.8) is 0 Å². The summed E-state index contributed by atoms with van der Waals surface area (Å²) in [7, 11) is 1.57. The molecule has 0 spiro atoms. The number of hydrogen-bond donors (Lipinski definition) is 0. The summed E-state index contributed by atoms with van der Waals surface area (Å²) in [6.07, 6.45) is 1.70. The van der Waals surface area contributed by atoms with Crippen LogP contribution in [-0.2, 0) is 9.59 Å². The van der Waals surface area contributed by atoms with Crippen molar-refractivity contribution in [3.8, 4) is 17.2 Å². The highest BCUT2D eigenvalue weighted by atomic mass is 32.2. The highest BCUT2D eigenvalue weighted by molar-refractivity contribution is 8.27. The first-order chi connectivity index (χ1) is 14.4. The maximum Gasteiger partial charge on any atom is 0.270 e. The van der Waals surface area contributed by atoms with Crippen molar-refractivity contribution in [2.24, 2.45) is 0 Å². The molecule has 1 aliphatic heterocycles. The van der Waals surface area contributed by atoms with Crippen LogP contribution in [0.3, 0.4) is 0 Å². The molecule has 0 bridgehead atoms. The molecule has 9 heteroatoms. The number of anilines is 1. The lowest BCUT2D eigenvalue weighted by Crippen LogP contribution is -2.29. The van der Waals surface area contributed by atoms with Gasteiger partial charge in [-0.25, -0.2) is 0 Å². The van der Waals surface area contributed by atoms with Crippen LogP contribution in [0.5, 0.6) is 17.2 Å². The predicted molar refractivity (Wildman–Crippen MR) is 117 cm³/mol. The zero-order valence-corrected chi connectivity index (χ0v) is 17.9. The molecule has 1 aliphatic rings. The van der Waals surface area contributed by atoms with Crippen molar-refractivity contribution in [2.75, 3.05) is 25.2 Å². The number of carbonyl (C=O) groups is 2. The summed E-state index contributed by atoms with van der Waals surface area (Å²) in [5.41, 5.74) is 1.34. The molecule has 7 nitrogen and oxygen atoms in total. The molecule has 3 rings (SSSR count). The number of ether oxygens (including phenoxy) is 3. The van der Waals surface area contributed by atoms with E-state index in [9.17, 15) is 14.7 Å². The topological polar surface area (TPSA) is 88.1 Å². The first-order valence-electron chi connectivity index (χ1n) is 8.94. The van der Waals surface area contributed by atoms with Gasteiger partial charge in [0, 0.05) is 0 Å². The van der Waals surface area contributed by atoms with Gasteiger partial charge in [0.15, 0.2) is 15.8 Å². The minimum atomic E-state index is -1.33. The van der Waals surface area contributed by atoms with Gasteiger partial charge in [0.05, 0.1) is 30.3 Å². The molecule has 0 radical (unpaired) electrons. The molecule has 0 aromatic heterocycles. The lowest BCUT2D eigenvalue weighted by molar-refractivity contribution is -0.307. The van der Waals surface area contributed by atoms with E-state index in [2.05, 4.69) is 0 Å². The van der Waals surface area contributed by atoms with Crippen LogP contribution in [-0.4, -0.2) is 36.5 Å². The van der Waals surface area contributed by atoms with Gasteiger partial charge in [0.25, 0.3) is 5.91 Å². The van der Waals surface area contributed by atoms with Crippen LogP contribution in [0.1, 0.15) is 12.5 Å². The molecule has 0 saturated carbocycles. The minimum Gasteiger partial charge on any atom is -0.546 e. The van der Waals surface area contributed by atoms with E-state index in [0.29, 0.717) is 38.6 Å². The number of rotatable bonds is 8. The number of benzene rings is 2. The number of nitrogens with zero attached hydrogens (tertiary/aromatic N) is 1. The first-order valence-corrected chi connectivity index (χ1v) is 10.2. The first kappa shape index (κ1) is 21.7. The molecule has 1 saturated heterocycles. The molecule has 1 fully saturated rings. The Labute approximate surface area is 183 Å². The zero-order chi connectivity index (χ0) is 21.7. The quantitative estimate of drug-likeness (QED) is 0.454. The molecule has 30 heavy (non-hydrogen) atoms. The van der Waals surface area contributed by atoms with Crippen LogP contribution in [0.4, 0.5) is 5.69 Å². The van der Waals surface area contributed by atoms with Crippen molar-refractivity contribution >= 4 is 51.9 Å². The number of carboxylic acid groups (broad SMARTS) is 1. The number of aliphatic carboxylic acids is 1. The third kappa shape index (κ3) is 4.92. The second kappa shape index (κ2) is 9.64. The van der Waals surface area contributed by atoms with Gasteiger partial charge in [0.2, 0.25) is 0 Å². The SMILES string of the molecule is CCOc1cc(/C=C2\SC(=S)N(c3ccc(OC)cc3)C2=O)ccc1OCC(=O)[O-]. The minimum absolute atomic E-state index is 0.231. The maximum absolute atomic E-state index is 12.9. The summed E-state index contributed by atoms with van der Waals surface area (Å²) in [4.78, 5) is 25.5. The Morgan fingerprint density at radius 1 is 1.17 bits per heavy atom. The summed E-state index contributed by atoms with van der Waals surface area (Å²) in [5.74, 6) is -0.222. The Bertz CT molecular complexity index is 1000. The van der Waals surface area contributed by atoms with Crippen LogP contribution >= 0.6 is 24.0 Å². The number of carboxylic acids is 1. The fourth-order valence-corrected chi connectivity index (χ4v) is 4.01. The lowest BCUT2D eigenvalue weighted by atomic mass is 10.1. The second-order valence-electron chi connectivity index (χ2n) is 6.02. The molecule has 0 atom stereocenters. The monoisotopic (exact) mass is 444 g/mol. The molecule has 0 N–H and O–H groups in total. The Morgan fingerprint density at radius 2 is 1.90 bits per heavy atom. The largest absolute Gasteiger partial charge is 0.546 e. The third-order valence-corrected chi connectivity index (χ3v) is 5.34. The maximum atomic E-state index is 12.9. The average Bonchev–Trinajstić information content (AvgIpc) is 3.00. The molecule has 1 heterocycles. The van der Waals surface area contributed by atoms with Gasteiger partial charge in [-0.3, -0.25) is 9.69 Å². The molecular formula is C21H18NO6S2-. The Kier molecular flexibility index (Phi) is 6.96. The summed E-state index contributed by atoms with van der Waals surface area (Å²) in [6, 6.07) is 12.0. The highest BCUT2D eigenvalue weighted by Crippen LogP contribution is 2.37. The van der Waals surface area contributed by atoms with E-state index in [1.54, 1.807) is 62.6 Å². The number of methoxy groups -OCH3 is 1. The molecule has 0 unspecified atom stereocenters. The number of hydrogen-bond acceptors (Lipinski definition) is 8. The van der Waals surface area contributed by atoms with E-state index in [0.717, 1.165) is 0 Å². The van der Waals surface area contributed by atoms with Gasteiger partial charge in [-0.1, -0.05) is 30.0 Å². The standard InChI is InChI=1S/C21H19NO6S2/c1-3-27-17-10-13(4-9-16(17)28-12-19(23)24)11-18-20(25)22(21(29)30-18)14-5-7-15(26-2)8-6-14/h4-11H,3,12H2,1-2H3,(H,23,24)/p-1/b18-11-. The third-order valence-electron chi connectivity index (χ3n) is 4.04. The number of thiocarbonyl (C=S) groups is 1. The van der Waals surface area contributed by atoms with Crippen LogP contribution < -0.4 is 24.2 Å². The summed E-state index contributed by atoms with van der Waals surface area (Å²) >= 11 is 6.59. The molecular weight excluding hydrogens is 426 g/mol. The van der Waals surface area contributed by atoms with E-state index in [4.69, 9.17) is 26.4 Å². The Morgan fingerprint density at radius 3 is 2.53 bits per heavy atom. The van der Waals surface area contributed by atoms with Crippen molar-refractivity contribution in [2.45, 2.75) is 6.92 Å². The predicted octanol–water partition coefficient (Wildman–Crippen LogP) is 2.63. The van der Waals surface area contributed by atoms with Crippen LogP contribution in [0.15, 0.2) is 47.4 Å². The van der Waals surface area contributed by atoms with Crippen molar-refractivity contribution in [3.05, 3.63) is 52.9 Å². The van der Waals surface area contributed by atoms with Gasteiger partial charge in [-0.15, -0.1) is 0 Å². The smallest absolute Gasteiger partial charge is 0.270 e. The van der Waals surface area contributed by atoms with Gasteiger partial charge < -0.3 is 24.1 Å². The molecule has 0 aliphatic carbocycles. The zero-order valence-electron chi connectivity index (χ0n) is 16.2. The van der Waals surface area contributed by atoms with E-state index >= 15 is 0 Å². The van der Waals surface area contributed by atoms with Gasteiger partial charge in [-0.2, -0.15) is 0 Å². The van der Waals surface area contributed by atoms with Gasteiger partial charge in [0.1, 0.15) is 12.4 Å². The van der Waals surface area contributed by atoms with Crippen LogP contribution in [0.2, 0.25) is 0 Å². The summed E-state index contributed by atoms with van der Waals surface area (Å²) in [5, 5.41) is 10.6. The molecule has 1 amide bonds. The molecule has 2 aromatic carbocycles. The number of amides is 1. The van der Waals surface area contributed by atoms with Crippen molar-refractivity contribution in [1.82, 2.24) is 0 Å². The lowest BCUT2D eigenvalue weighted by Gasteiger charge is -2.14. The Hall–Kier alpha value is -3.04. The average molecular weight is 445 g/mol. The van der Waals surface area contributed by atoms with Gasteiger partial charge in [-0.05, 0) is 55.0 Å². The summed E-state index contributed by atoms with van der Waals surface area (Å²) < 4.78 is 16.3. The van der Waals surface area contributed by atoms with Crippen LogP contribution in [0, 0.1) is 0 Å². The highest BCUT2D eigenvalue weighted by Gasteiger charge is 2.33. The van der Waals surface area contributed by atoms with Crippen LogP contribution in [0.25, 0.3) is 6.08 Å². The Balaban J connectivity index is 1.85. The number of carbonyl (C=O) groups excluding carboxylic acids is 2. The van der Waals surface area contributed by atoms with E-state index in [1.165, 1.54) is 16.7 Å². The fraction of sp³-hybridized carbons (Fsp3) is 0.190. The van der Waals surface area contributed by atoms with Crippen molar-refractivity contribution in [1.29, 1.82) is 0 Å². The molecule has 156 valence electrons. The fourth-order valence-electron chi connectivity index (χ4n) is 2.71. The second-order valence-corrected chi connectivity index (χ2v) is 7.69. The van der Waals surface area contributed by atoms with E-state index in [1.807, 2.05) is 0 Å². The van der Waals surface area contributed by atoms with Crippen molar-refractivity contribution < 1.29 is 28.9 Å².